The van der Waals surface area contributed by atoms with Gasteiger partial charge in [-0.25, -0.2) is 4.39 Å². The lowest BCUT2D eigenvalue weighted by Gasteiger charge is -2.34. The van der Waals surface area contributed by atoms with Gasteiger partial charge in [0.25, 0.3) is 5.91 Å². The third-order valence-electron chi connectivity index (χ3n) is 4.22. The van der Waals surface area contributed by atoms with Crippen LogP contribution in [-0.2, 0) is 14.4 Å². The molecule has 7 nitrogen and oxygen atoms in total. The van der Waals surface area contributed by atoms with Crippen LogP contribution in [0.25, 0.3) is 0 Å². The topological polar surface area (TPSA) is 87.7 Å². The average molecular weight is 417 g/mol. The number of anilines is 2. The number of nitrogens with one attached hydrogen (secondary N) is 2. The fraction of sp³-hybridized carbons (Fsp3) is 0.250. The van der Waals surface area contributed by atoms with Crippen molar-refractivity contribution in [2.75, 3.05) is 35.3 Å². The molecule has 2 aromatic rings. The summed E-state index contributed by atoms with van der Waals surface area (Å²) in [5, 5.41) is 5.00. The number of amides is 3. The Morgan fingerprint density at radius 1 is 1.14 bits per heavy atom. The Balaban J connectivity index is 1.59. The van der Waals surface area contributed by atoms with Gasteiger partial charge in [0.05, 0.1) is 29.4 Å². The molecule has 0 radical (unpaired) electrons. The molecule has 1 atom stereocenters. The van der Waals surface area contributed by atoms with Gasteiger partial charge in [-0.1, -0.05) is 24.3 Å². The third kappa shape index (κ3) is 5.05. The van der Waals surface area contributed by atoms with Gasteiger partial charge >= 0.3 is 0 Å². The molecule has 1 aliphatic rings. The summed E-state index contributed by atoms with van der Waals surface area (Å²) in [6.07, 6.45) is -0.812. The first-order chi connectivity index (χ1) is 14.0. The highest BCUT2D eigenvalue weighted by Gasteiger charge is 2.33. The maximum atomic E-state index is 13.6. The highest BCUT2D eigenvalue weighted by Crippen LogP contribution is 2.33. The van der Waals surface area contributed by atoms with E-state index < -0.39 is 17.8 Å². The van der Waals surface area contributed by atoms with E-state index in [-0.39, 0.29) is 35.6 Å². The molecule has 0 unspecified atom stereocenters. The molecule has 3 rings (SSSR count). The van der Waals surface area contributed by atoms with Gasteiger partial charge in [0.1, 0.15) is 11.6 Å². The number of carbonyl (C=O) groups excluding carboxylic acids is 3. The summed E-state index contributed by atoms with van der Waals surface area (Å²) >= 11 is 1.11. The zero-order chi connectivity index (χ0) is 20.8. The van der Waals surface area contributed by atoms with Crippen molar-refractivity contribution in [3.05, 3.63) is 54.3 Å². The predicted molar refractivity (Wildman–Crippen MR) is 110 cm³/mol. The number of rotatable bonds is 6. The number of carbonyl (C=O) groups is 3. The van der Waals surface area contributed by atoms with Gasteiger partial charge in [-0.3, -0.25) is 14.4 Å². The second-order valence-corrected chi connectivity index (χ2v) is 7.20. The van der Waals surface area contributed by atoms with Crippen LogP contribution >= 0.6 is 11.8 Å². The summed E-state index contributed by atoms with van der Waals surface area (Å²) in [6, 6.07) is 12.8. The van der Waals surface area contributed by atoms with E-state index in [1.165, 1.54) is 30.1 Å². The molecule has 1 heterocycles. The van der Waals surface area contributed by atoms with E-state index >= 15 is 0 Å². The fourth-order valence-electron chi connectivity index (χ4n) is 2.83. The zero-order valence-electron chi connectivity index (χ0n) is 15.7. The lowest BCUT2D eigenvalue weighted by Crippen LogP contribution is -2.50. The number of likely N-dealkylation sites (N-methyl/N-ethyl adjacent to an activating group) is 1. The summed E-state index contributed by atoms with van der Waals surface area (Å²) in [7, 11) is 1.50. The summed E-state index contributed by atoms with van der Waals surface area (Å²) in [5.41, 5.74) is 0.675. The van der Waals surface area contributed by atoms with Crippen molar-refractivity contribution >= 4 is 40.9 Å². The SMILES string of the molecule is CNC(=O)[C@H]1CN(C(=O)CSCC(=O)Nc2ccccc2F)c2ccccc2O1. The number of para-hydroxylation sites is 3. The van der Waals surface area contributed by atoms with E-state index in [9.17, 15) is 18.8 Å². The van der Waals surface area contributed by atoms with Crippen LogP contribution in [0, 0.1) is 5.82 Å². The maximum absolute atomic E-state index is 13.6. The van der Waals surface area contributed by atoms with Crippen molar-refractivity contribution in [3.63, 3.8) is 0 Å². The smallest absolute Gasteiger partial charge is 0.262 e. The lowest BCUT2D eigenvalue weighted by molar-refractivity contribution is -0.127. The van der Waals surface area contributed by atoms with E-state index in [0.717, 1.165) is 11.8 Å². The Bertz CT molecular complexity index is 924. The molecule has 0 aliphatic carbocycles. The second kappa shape index (κ2) is 9.42. The number of fused-ring (bicyclic) bond motifs is 1. The average Bonchev–Trinajstić information content (AvgIpc) is 2.73. The minimum absolute atomic E-state index is 0.00899. The van der Waals surface area contributed by atoms with Crippen molar-refractivity contribution in [2.45, 2.75) is 6.10 Å². The molecule has 0 saturated carbocycles. The van der Waals surface area contributed by atoms with Crippen LogP contribution in [-0.4, -0.2) is 48.9 Å². The quantitative estimate of drug-likeness (QED) is 0.751. The molecule has 0 saturated heterocycles. The summed E-state index contributed by atoms with van der Waals surface area (Å²) < 4.78 is 19.3. The van der Waals surface area contributed by atoms with Crippen LogP contribution in [0.1, 0.15) is 0 Å². The highest BCUT2D eigenvalue weighted by molar-refractivity contribution is 8.00. The van der Waals surface area contributed by atoms with Gasteiger partial charge in [-0.2, -0.15) is 0 Å². The molecule has 2 aromatic carbocycles. The molecule has 29 heavy (non-hydrogen) atoms. The standard InChI is InChI=1S/C20H20FN3O4S/c1-22-20(27)17-10-24(15-8-4-5-9-16(15)28-17)19(26)12-29-11-18(25)23-14-7-3-2-6-13(14)21/h2-9,17H,10-12H2,1H3,(H,22,27)(H,23,25)/t17-/m1/s1. The number of thioether (sulfide) groups is 1. The first-order valence-electron chi connectivity index (χ1n) is 8.89. The largest absolute Gasteiger partial charge is 0.477 e. The number of hydrogen-bond acceptors (Lipinski definition) is 5. The van der Waals surface area contributed by atoms with Crippen molar-refractivity contribution in [2.24, 2.45) is 0 Å². The first-order valence-corrected chi connectivity index (χ1v) is 10.0. The second-order valence-electron chi connectivity index (χ2n) is 6.21. The van der Waals surface area contributed by atoms with Crippen LogP contribution in [0.4, 0.5) is 15.8 Å². The van der Waals surface area contributed by atoms with Crippen LogP contribution in [0.3, 0.4) is 0 Å². The van der Waals surface area contributed by atoms with Crippen LogP contribution in [0.15, 0.2) is 48.5 Å². The lowest BCUT2D eigenvalue weighted by atomic mass is 10.2. The minimum atomic E-state index is -0.812. The zero-order valence-corrected chi connectivity index (χ0v) is 16.5. The van der Waals surface area contributed by atoms with Crippen LogP contribution < -0.4 is 20.3 Å². The molecule has 3 amide bonds. The van der Waals surface area contributed by atoms with E-state index in [1.807, 2.05) is 0 Å². The Morgan fingerprint density at radius 3 is 2.62 bits per heavy atom. The van der Waals surface area contributed by atoms with E-state index in [0.29, 0.717) is 11.4 Å². The van der Waals surface area contributed by atoms with Crippen molar-refractivity contribution in [1.82, 2.24) is 5.32 Å². The molecule has 9 heteroatoms. The van der Waals surface area contributed by atoms with E-state index in [2.05, 4.69) is 10.6 Å². The van der Waals surface area contributed by atoms with Gasteiger partial charge in [-0.15, -0.1) is 11.8 Å². The van der Waals surface area contributed by atoms with Crippen LogP contribution in [0.5, 0.6) is 5.75 Å². The van der Waals surface area contributed by atoms with Gasteiger partial charge in [-0.05, 0) is 24.3 Å². The molecular weight excluding hydrogens is 397 g/mol. The van der Waals surface area contributed by atoms with Crippen molar-refractivity contribution in [1.29, 1.82) is 0 Å². The molecule has 2 N–H and O–H groups in total. The van der Waals surface area contributed by atoms with Gasteiger partial charge < -0.3 is 20.3 Å². The van der Waals surface area contributed by atoms with Gasteiger partial charge in [0, 0.05) is 7.05 Å². The number of nitrogens with zero attached hydrogens (tertiary/aromatic N) is 1. The summed E-state index contributed by atoms with van der Waals surface area (Å²) in [6.45, 7) is 0.0809. The number of benzene rings is 2. The van der Waals surface area contributed by atoms with Gasteiger partial charge in [0.2, 0.25) is 11.8 Å². The van der Waals surface area contributed by atoms with Crippen molar-refractivity contribution in [3.8, 4) is 5.75 Å². The third-order valence-corrected chi connectivity index (χ3v) is 5.14. The number of ether oxygens (including phenoxy) is 1. The first kappa shape index (κ1) is 20.7. The van der Waals surface area contributed by atoms with E-state index in [1.54, 1.807) is 30.3 Å². The highest BCUT2D eigenvalue weighted by atomic mass is 32.2. The normalized spacial score (nSPS) is 15.1. The van der Waals surface area contributed by atoms with Crippen molar-refractivity contribution < 1.29 is 23.5 Å². The minimum Gasteiger partial charge on any atom is -0.477 e. The monoisotopic (exact) mass is 417 g/mol. The number of halogens is 1. The molecule has 1 aliphatic heterocycles. The molecule has 0 aromatic heterocycles. The van der Waals surface area contributed by atoms with E-state index in [4.69, 9.17) is 4.74 Å². The molecule has 152 valence electrons. The summed E-state index contributed by atoms with van der Waals surface area (Å²) in [5.74, 6) is -1.04. The molecule has 0 spiro atoms. The van der Waals surface area contributed by atoms with Crippen LogP contribution in [0.2, 0.25) is 0 Å². The summed E-state index contributed by atoms with van der Waals surface area (Å²) in [4.78, 5) is 38.2. The Labute approximate surface area is 171 Å². The number of hydrogen-bond donors (Lipinski definition) is 2. The Hall–Kier alpha value is -3.07. The molecule has 0 fully saturated rings. The molecular formula is C20H20FN3O4S. The predicted octanol–water partition coefficient (Wildman–Crippen LogP) is 2.04. The maximum Gasteiger partial charge on any atom is 0.262 e. The fourth-order valence-corrected chi connectivity index (χ4v) is 3.52. The van der Waals surface area contributed by atoms with Gasteiger partial charge in [0.15, 0.2) is 6.10 Å². The molecule has 0 bridgehead atoms. The Kier molecular flexibility index (Phi) is 6.71. The Morgan fingerprint density at radius 2 is 1.86 bits per heavy atom.